The van der Waals surface area contributed by atoms with Crippen molar-refractivity contribution in [3.05, 3.63) is 58.8 Å². The van der Waals surface area contributed by atoms with E-state index in [1.54, 1.807) is 20.8 Å². The molecule has 1 unspecified atom stereocenters. The molecule has 8 nitrogen and oxygen atoms in total. The molecule has 1 amide bonds. The third-order valence-electron chi connectivity index (χ3n) is 9.03. The van der Waals surface area contributed by atoms with Gasteiger partial charge in [-0.05, 0) is 84.4 Å². The van der Waals surface area contributed by atoms with E-state index in [0.717, 1.165) is 41.3 Å². The van der Waals surface area contributed by atoms with Gasteiger partial charge in [0.15, 0.2) is 6.23 Å². The average Bonchev–Trinajstić information content (AvgIpc) is 3.61. The maximum atomic E-state index is 16.2. The fraction of sp³-hybridized carbons (Fsp3) is 0.600. The number of amides is 1. The standard InChI is InChI=1S/C35H45F3N4O4/c1-21-15-25-24(10-11-29-26(25)18-39-42(29)30-9-7-8-14-44-30)32(41(21)20-35(5,6)38)31-27(36)16-23(17-28(31)37)45-22-12-13-40(19-22)33(43)46-34(2,3)4/h10-11,16-18,21-22,30,32H,7-9,12-15,19-20H2,1-6H3/t21-,22+,30?,32+/m1/s1. The molecule has 3 aromatic rings. The fourth-order valence-electron chi connectivity index (χ4n) is 7.07. The van der Waals surface area contributed by atoms with E-state index in [1.165, 1.54) is 30.9 Å². The Morgan fingerprint density at radius 3 is 2.48 bits per heavy atom. The van der Waals surface area contributed by atoms with Gasteiger partial charge in [-0.15, -0.1) is 0 Å². The van der Waals surface area contributed by atoms with Crippen molar-refractivity contribution in [2.24, 2.45) is 0 Å². The van der Waals surface area contributed by atoms with Crippen molar-refractivity contribution in [2.45, 2.75) is 109 Å². The van der Waals surface area contributed by atoms with Crippen LogP contribution in [0.3, 0.4) is 0 Å². The van der Waals surface area contributed by atoms with Crippen molar-refractivity contribution in [1.29, 1.82) is 0 Å². The number of rotatable bonds is 6. The third-order valence-corrected chi connectivity index (χ3v) is 9.03. The minimum atomic E-state index is -1.60. The van der Waals surface area contributed by atoms with Gasteiger partial charge in [-0.2, -0.15) is 5.10 Å². The third kappa shape index (κ3) is 6.72. The molecule has 2 fully saturated rings. The van der Waals surface area contributed by atoms with Crippen molar-refractivity contribution in [3.8, 4) is 5.75 Å². The van der Waals surface area contributed by atoms with E-state index >= 15 is 13.2 Å². The molecule has 0 spiro atoms. The van der Waals surface area contributed by atoms with Crippen LogP contribution in [0.4, 0.5) is 18.0 Å². The van der Waals surface area contributed by atoms with Gasteiger partial charge in [0.25, 0.3) is 0 Å². The second-order valence-electron chi connectivity index (χ2n) is 14.6. The predicted molar refractivity (Wildman–Crippen MR) is 169 cm³/mol. The zero-order valence-electron chi connectivity index (χ0n) is 27.6. The molecule has 0 aliphatic carbocycles. The van der Waals surface area contributed by atoms with E-state index in [-0.39, 0.29) is 36.7 Å². The van der Waals surface area contributed by atoms with Crippen LogP contribution in [-0.4, -0.2) is 75.3 Å². The molecule has 2 aromatic carbocycles. The number of halogens is 3. The lowest BCUT2D eigenvalue weighted by Gasteiger charge is -2.44. The molecule has 250 valence electrons. The van der Waals surface area contributed by atoms with Crippen LogP contribution in [0.15, 0.2) is 30.5 Å². The number of hydrogen-bond acceptors (Lipinski definition) is 6. The van der Waals surface area contributed by atoms with Crippen LogP contribution in [0, 0.1) is 11.6 Å². The number of aromatic nitrogens is 2. The van der Waals surface area contributed by atoms with Crippen LogP contribution >= 0.6 is 0 Å². The quantitative estimate of drug-likeness (QED) is 0.278. The van der Waals surface area contributed by atoms with Gasteiger partial charge in [-0.25, -0.2) is 22.6 Å². The molecule has 3 aliphatic heterocycles. The summed E-state index contributed by atoms with van der Waals surface area (Å²) in [6.45, 7) is 11.7. The second kappa shape index (κ2) is 12.4. The van der Waals surface area contributed by atoms with Crippen LogP contribution in [0.2, 0.25) is 0 Å². The first-order valence-corrected chi connectivity index (χ1v) is 16.4. The number of carbonyl (C=O) groups excluding carboxylic acids is 1. The molecule has 0 bridgehead atoms. The van der Waals surface area contributed by atoms with E-state index in [2.05, 4.69) is 5.10 Å². The van der Waals surface area contributed by atoms with Gasteiger partial charge >= 0.3 is 6.09 Å². The molecule has 0 saturated carbocycles. The van der Waals surface area contributed by atoms with Gasteiger partial charge < -0.3 is 19.1 Å². The van der Waals surface area contributed by atoms with E-state index in [4.69, 9.17) is 14.2 Å². The van der Waals surface area contributed by atoms with Crippen LogP contribution in [-0.2, 0) is 15.9 Å². The van der Waals surface area contributed by atoms with Crippen LogP contribution in [0.5, 0.6) is 5.75 Å². The van der Waals surface area contributed by atoms with Gasteiger partial charge in [0.05, 0.1) is 24.3 Å². The average molecular weight is 643 g/mol. The predicted octanol–water partition coefficient (Wildman–Crippen LogP) is 7.49. The smallest absolute Gasteiger partial charge is 0.410 e. The number of likely N-dealkylation sites (tertiary alicyclic amines) is 1. The summed E-state index contributed by atoms with van der Waals surface area (Å²) in [5.74, 6) is -1.49. The number of hydrogen-bond donors (Lipinski definition) is 0. The van der Waals surface area contributed by atoms with Crippen molar-refractivity contribution < 1.29 is 32.2 Å². The number of fused-ring (bicyclic) bond motifs is 3. The SMILES string of the molecule is C[C@@H]1Cc2c(ccc3c2cnn3C2CCCCO2)[C@@H](c2c(F)cc(O[C@H]3CCN(C(=O)OC(C)(C)C)C3)cc2F)N1CC(C)(C)F. The number of carbonyl (C=O) groups is 1. The Kier molecular flexibility index (Phi) is 8.78. The molecule has 0 N–H and O–H groups in total. The molecule has 6 rings (SSSR count). The molecule has 11 heteroatoms. The summed E-state index contributed by atoms with van der Waals surface area (Å²) in [5.41, 5.74) is 0.224. The summed E-state index contributed by atoms with van der Waals surface area (Å²) in [4.78, 5) is 15.9. The molecular formula is C35H45F3N4O4. The maximum absolute atomic E-state index is 16.2. The second-order valence-corrected chi connectivity index (χ2v) is 14.6. The Morgan fingerprint density at radius 1 is 1.09 bits per heavy atom. The first kappa shape index (κ1) is 32.6. The van der Waals surface area contributed by atoms with Crippen molar-refractivity contribution in [2.75, 3.05) is 26.2 Å². The largest absolute Gasteiger partial charge is 0.488 e. The summed E-state index contributed by atoms with van der Waals surface area (Å²) < 4.78 is 67.0. The highest BCUT2D eigenvalue weighted by Crippen LogP contribution is 2.44. The molecule has 1 aromatic heterocycles. The van der Waals surface area contributed by atoms with E-state index in [0.29, 0.717) is 26.0 Å². The molecule has 4 atom stereocenters. The molecule has 46 heavy (non-hydrogen) atoms. The van der Waals surface area contributed by atoms with Crippen LogP contribution in [0.1, 0.15) is 96.2 Å². The highest BCUT2D eigenvalue weighted by atomic mass is 19.1. The summed E-state index contributed by atoms with van der Waals surface area (Å²) in [7, 11) is 0. The number of nitrogens with zero attached hydrogens (tertiary/aromatic N) is 4. The van der Waals surface area contributed by atoms with Gasteiger partial charge in [0.1, 0.15) is 34.8 Å². The lowest BCUT2D eigenvalue weighted by molar-refractivity contribution is -0.0366. The monoisotopic (exact) mass is 642 g/mol. The van der Waals surface area contributed by atoms with Crippen molar-refractivity contribution in [1.82, 2.24) is 19.6 Å². The summed E-state index contributed by atoms with van der Waals surface area (Å²) in [5, 5.41) is 5.59. The van der Waals surface area contributed by atoms with Crippen molar-refractivity contribution >= 4 is 17.0 Å². The Bertz CT molecular complexity index is 1570. The zero-order chi connectivity index (χ0) is 33.0. The Hall–Kier alpha value is -3.31. The number of ether oxygens (including phenoxy) is 3. The van der Waals surface area contributed by atoms with Gasteiger partial charge in [0.2, 0.25) is 0 Å². The first-order chi connectivity index (χ1) is 21.7. The Labute approximate surface area is 268 Å². The fourth-order valence-corrected chi connectivity index (χ4v) is 7.07. The van der Waals surface area contributed by atoms with E-state index in [1.807, 2.05) is 34.8 Å². The lowest BCUT2D eigenvalue weighted by Crippen LogP contribution is -2.48. The minimum Gasteiger partial charge on any atom is -0.488 e. The van der Waals surface area contributed by atoms with Gasteiger partial charge in [-0.1, -0.05) is 6.07 Å². The molecule has 0 radical (unpaired) electrons. The normalized spacial score (nSPS) is 24.3. The van der Waals surface area contributed by atoms with Crippen LogP contribution < -0.4 is 4.74 Å². The highest BCUT2D eigenvalue weighted by molar-refractivity contribution is 5.84. The molecule has 2 saturated heterocycles. The van der Waals surface area contributed by atoms with E-state index < -0.39 is 41.1 Å². The zero-order valence-corrected chi connectivity index (χ0v) is 27.6. The van der Waals surface area contributed by atoms with Crippen LogP contribution in [0.25, 0.3) is 10.9 Å². The van der Waals surface area contributed by atoms with Gasteiger partial charge in [-0.3, -0.25) is 4.90 Å². The minimum absolute atomic E-state index is 0.00874. The van der Waals surface area contributed by atoms with Crippen molar-refractivity contribution in [3.63, 3.8) is 0 Å². The van der Waals surface area contributed by atoms with E-state index in [9.17, 15) is 4.79 Å². The Morgan fingerprint density at radius 2 is 1.83 bits per heavy atom. The summed E-state index contributed by atoms with van der Waals surface area (Å²) in [6, 6.07) is 5.16. The molecule has 3 aliphatic rings. The molecule has 4 heterocycles. The maximum Gasteiger partial charge on any atom is 0.410 e. The first-order valence-electron chi connectivity index (χ1n) is 16.4. The summed E-state index contributed by atoms with van der Waals surface area (Å²) >= 11 is 0. The summed E-state index contributed by atoms with van der Waals surface area (Å²) in [6.07, 6.45) is 4.83. The van der Waals surface area contributed by atoms with Gasteiger partial charge in [0, 0.05) is 55.2 Å². The topological polar surface area (TPSA) is 69.1 Å². The number of benzene rings is 2. The Balaban J connectivity index is 1.33. The highest BCUT2D eigenvalue weighted by Gasteiger charge is 2.41. The lowest BCUT2D eigenvalue weighted by atomic mass is 9.82. The molecular weight excluding hydrogens is 597 g/mol. The number of alkyl halides is 1.